The van der Waals surface area contributed by atoms with Gasteiger partial charge in [-0.05, 0) is 19.4 Å². The molecule has 0 unspecified atom stereocenters. The fraction of sp³-hybridized carbons (Fsp3) is 0.200. The van der Waals surface area contributed by atoms with E-state index in [9.17, 15) is 4.79 Å². The third kappa shape index (κ3) is 1.93. The monoisotopic (exact) mass is 177 g/mol. The van der Waals surface area contributed by atoms with E-state index >= 15 is 0 Å². The molecule has 13 heavy (non-hydrogen) atoms. The highest BCUT2D eigenvalue weighted by Gasteiger charge is 2.11. The van der Waals surface area contributed by atoms with Crippen LogP contribution >= 0.6 is 0 Å². The van der Waals surface area contributed by atoms with Crippen LogP contribution in [0.25, 0.3) is 0 Å². The van der Waals surface area contributed by atoms with Crippen LogP contribution in [0.5, 0.6) is 0 Å². The summed E-state index contributed by atoms with van der Waals surface area (Å²) in [6.45, 7) is 3.33. The largest absolute Gasteiger partial charge is 0.411 e. The number of carbonyl (C=O) groups is 1. The van der Waals surface area contributed by atoms with Crippen LogP contribution in [0, 0.1) is 6.92 Å². The molecule has 68 valence electrons. The second kappa shape index (κ2) is 3.85. The minimum Gasteiger partial charge on any atom is -0.411 e. The van der Waals surface area contributed by atoms with Gasteiger partial charge in [-0.2, -0.15) is 0 Å². The fourth-order valence-corrected chi connectivity index (χ4v) is 1.07. The summed E-state index contributed by atoms with van der Waals surface area (Å²) in [6, 6.07) is 7.20. The Bertz CT molecular complexity index is 356. The van der Waals surface area contributed by atoms with Crippen LogP contribution in [0.4, 0.5) is 0 Å². The fourth-order valence-electron chi connectivity index (χ4n) is 1.07. The van der Waals surface area contributed by atoms with Crippen molar-refractivity contribution in [1.29, 1.82) is 0 Å². The Labute approximate surface area is 76.7 Å². The highest BCUT2D eigenvalue weighted by Crippen LogP contribution is 2.08. The van der Waals surface area contributed by atoms with Gasteiger partial charge in [0, 0.05) is 5.56 Å². The Kier molecular flexibility index (Phi) is 2.80. The van der Waals surface area contributed by atoms with Crippen LogP contribution in [-0.4, -0.2) is 16.7 Å². The van der Waals surface area contributed by atoms with E-state index in [2.05, 4.69) is 5.16 Å². The van der Waals surface area contributed by atoms with Crippen molar-refractivity contribution in [2.75, 3.05) is 0 Å². The molecule has 0 aliphatic rings. The molecule has 0 saturated heterocycles. The van der Waals surface area contributed by atoms with Crippen molar-refractivity contribution in [3.63, 3.8) is 0 Å². The summed E-state index contributed by atoms with van der Waals surface area (Å²) < 4.78 is 0. The average molecular weight is 177 g/mol. The quantitative estimate of drug-likeness (QED) is 0.325. The lowest BCUT2D eigenvalue weighted by molar-refractivity contribution is 0.106. The third-order valence-electron chi connectivity index (χ3n) is 1.87. The predicted molar refractivity (Wildman–Crippen MR) is 50.4 cm³/mol. The molecule has 1 N–H and O–H groups in total. The van der Waals surface area contributed by atoms with Gasteiger partial charge in [0.2, 0.25) is 5.78 Å². The first-order valence-corrected chi connectivity index (χ1v) is 3.96. The number of aryl methyl sites for hydroxylation is 1. The highest BCUT2D eigenvalue weighted by molar-refractivity contribution is 6.45. The molecule has 0 radical (unpaired) electrons. The number of ketones is 1. The van der Waals surface area contributed by atoms with Gasteiger partial charge < -0.3 is 5.21 Å². The number of Topliss-reactive ketones (excluding diaryl/α,β-unsaturated/α-hetero) is 1. The maximum Gasteiger partial charge on any atom is 0.210 e. The lowest BCUT2D eigenvalue weighted by Crippen LogP contribution is -2.11. The van der Waals surface area contributed by atoms with E-state index in [4.69, 9.17) is 5.21 Å². The Morgan fingerprint density at radius 2 is 2.00 bits per heavy atom. The van der Waals surface area contributed by atoms with E-state index in [1.807, 2.05) is 19.1 Å². The van der Waals surface area contributed by atoms with Gasteiger partial charge in [0.25, 0.3) is 0 Å². The summed E-state index contributed by atoms with van der Waals surface area (Å²) >= 11 is 0. The number of rotatable bonds is 2. The Balaban J connectivity index is 3.10. The van der Waals surface area contributed by atoms with E-state index in [-0.39, 0.29) is 11.5 Å². The van der Waals surface area contributed by atoms with Gasteiger partial charge >= 0.3 is 0 Å². The van der Waals surface area contributed by atoms with Crippen molar-refractivity contribution in [2.24, 2.45) is 5.16 Å². The molecule has 3 heteroatoms. The molecular formula is C10H11NO2. The van der Waals surface area contributed by atoms with E-state index in [1.165, 1.54) is 6.92 Å². The standard InChI is InChI=1S/C10H11NO2/c1-7-5-3-4-6-9(7)10(12)8(2)11-13/h3-6,13H,1-2H3/b11-8+. The van der Waals surface area contributed by atoms with Crippen LogP contribution in [0.1, 0.15) is 22.8 Å². The number of hydrogen-bond donors (Lipinski definition) is 1. The van der Waals surface area contributed by atoms with Gasteiger partial charge in [-0.15, -0.1) is 0 Å². The Morgan fingerprint density at radius 3 is 2.54 bits per heavy atom. The maximum absolute atomic E-state index is 11.5. The van der Waals surface area contributed by atoms with Gasteiger partial charge in [-0.1, -0.05) is 29.4 Å². The van der Waals surface area contributed by atoms with Gasteiger partial charge in [0.05, 0.1) is 0 Å². The summed E-state index contributed by atoms with van der Waals surface area (Å²) in [7, 11) is 0. The third-order valence-corrected chi connectivity index (χ3v) is 1.87. The maximum atomic E-state index is 11.5. The number of hydrogen-bond acceptors (Lipinski definition) is 3. The van der Waals surface area contributed by atoms with Crippen molar-refractivity contribution in [2.45, 2.75) is 13.8 Å². The summed E-state index contributed by atoms with van der Waals surface area (Å²) in [4.78, 5) is 11.5. The summed E-state index contributed by atoms with van der Waals surface area (Å²) in [6.07, 6.45) is 0. The second-order valence-electron chi connectivity index (χ2n) is 2.83. The number of benzene rings is 1. The van der Waals surface area contributed by atoms with Crippen LogP contribution in [-0.2, 0) is 0 Å². The molecule has 0 aliphatic heterocycles. The lowest BCUT2D eigenvalue weighted by atomic mass is 10.0. The van der Waals surface area contributed by atoms with Crippen molar-refractivity contribution in [1.82, 2.24) is 0 Å². The van der Waals surface area contributed by atoms with Crippen molar-refractivity contribution < 1.29 is 10.0 Å². The van der Waals surface area contributed by atoms with Crippen LogP contribution in [0.2, 0.25) is 0 Å². The molecule has 3 nitrogen and oxygen atoms in total. The van der Waals surface area contributed by atoms with Gasteiger partial charge in [0.1, 0.15) is 5.71 Å². The van der Waals surface area contributed by atoms with E-state index < -0.39 is 0 Å². The lowest BCUT2D eigenvalue weighted by Gasteiger charge is -2.01. The Hall–Kier alpha value is -1.64. The molecule has 0 amide bonds. The molecule has 1 aromatic rings. The molecular weight excluding hydrogens is 166 g/mol. The first kappa shape index (κ1) is 9.45. The SMILES string of the molecule is C/C(=N\O)C(=O)c1ccccc1C. The van der Waals surface area contributed by atoms with Crippen molar-refractivity contribution in [3.8, 4) is 0 Å². The molecule has 0 fully saturated rings. The molecule has 0 saturated carbocycles. The minimum atomic E-state index is -0.236. The number of oxime groups is 1. The van der Waals surface area contributed by atoms with Crippen LogP contribution in [0.3, 0.4) is 0 Å². The molecule has 0 heterocycles. The average Bonchev–Trinajstić information content (AvgIpc) is 2.16. The van der Waals surface area contributed by atoms with Gasteiger partial charge in [-0.25, -0.2) is 0 Å². The number of carbonyl (C=O) groups excluding carboxylic acids is 1. The van der Waals surface area contributed by atoms with Crippen molar-refractivity contribution >= 4 is 11.5 Å². The van der Waals surface area contributed by atoms with E-state index in [1.54, 1.807) is 12.1 Å². The molecule has 0 spiro atoms. The van der Waals surface area contributed by atoms with Crippen molar-refractivity contribution in [3.05, 3.63) is 35.4 Å². The second-order valence-corrected chi connectivity index (χ2v) is 2.83. The van der Waals surface area contributed by atoms with Crippen LogP contribution < -0.4 is 0 Å². The summed E-state index contributed by atoms with van der Waals surface area (Å²) in [5.41, 5.74) is 1.57. The molecule has 1 rings (SSSR count). The van der Waals surface area contributed by atoms with E-state index in [0.29, 0.717) is 5.56 Å². The minimum absolute atomic E-state index is 0.106. The highest BCUT2D eigenvalue weighted by atomic mass is 16.4. The predicted octanol–water partition coefficient (Wildman–Crippen LogP) is 2.03. The van der Waals surface area contributed by atoms with Gasteiger partial charge in [-0.3, -0.25) is 4.79 Å². The zero-order chi connectivity index (χ0) is 9.84. The van der Waals surface area contributed by atoms with Gasteiger partial charge in [0.15, 0.2) is 0 Å². The summed E-state index contributed by atoms with van der Waals surface area (Å²) in [5.74, 6) is -0.236. The summed E-state index contributed by atoms with van der Waals surface area (Å²) in [5, 5.41) is 11.3. The molecule has 1 aromatic carbocycles. The first-order chi connectivity index (χ1) is 6.16. The van der Waals surface area contributed by atoms with Crippen LogP contribution in [0.15, 0.2) is 29.4 Å². The normalized spacial score (nSPS) is 11.4. The molecule has 0 bridgehead atoms. The topological polar surface area (TPSA) is 49.7 Å². The zero-order valence-corrected chi connectivity index (χ0v) is 7.61. The molecule has 0 aromatic heterocycles. The Morgan fingerprint density at radius 1 is 1.38 bits per heavy atom. The molecule has 0 aliphatic carbocycles. The number of nitrogens with zero attached hydrogens (tertiary/aromatic N) is 1. The smallest absolute Gasteiger partial charge is 0.210 e. The molecule has 0 atom stereocenters. The van der Waals surface area contributed by atoms with E-state index in [0.717, 1.165) is 5.56 Å². The first-order valence-electron chi connectivity index (χ1n) is 3.96. The zero-order valence-electron chi connectivity index (χ0n) is 7.61.